The highest BCUT2D eigenvalue weighted by Crippen LogP contribution is 2.63. The first-order valence-corrected chi connectivity index (χ1v) is 11.4. The highest BCUT2D eigenvalue weighted by molar-refractivity contribution is 7.84. The zero-order valence-electron chi connectivity index (χ0n) is 13.1. The highest BCUT2D eigenvalue weighted by atomic mass is 31.2. The Hall–Kier alpha value is -0.820. The molecule has 6 rings (SSSR count). The van der Waals surface area contributed by atoms with Crippen molar-refractivity contribution in [3.05, 3.63) is 60.7 Å². The van der Waals surface area contributed by atoms with E-state index in [1.54, 1.807) is 10.6 Å². The van der Waals surface area contributed by atoms with E-state index in [-0.39, 0.29) is 15.8 Å². The Bertz CT molecular complexity index is 612. The number of benzene rings is 2. The monoisotopic (exact) mass is 341 g/mol. The van der Waals surface area contributed by atoms with Gasteiger partial charge in [-0.1, -0.05) is 68.6 Å². The second-order valence-corrected chi connectivity index (χ2v) is 11.5. The first kappa shape index (κ1) is 14.5. The lowest BCUT2D eigenvalue weighted by atomic mass is 10.4. The summed E-state index contributed by atoms with van der Waals surface area (Å²) >= 11 is 0. The van der Waals surface area contributed by atoms with Crippen molar-refractivity contribution >= 4 is 26.5 Å². The van der Waals surface area contributed by atoms with Crippen molar-refractivity contribution in [1.82, 2.24) is 14.7 Å². The second kappa shape index (κ2) is 5.92. The average molecular weight is 341 g/mol. The van der Waals surface area contributed by atoms with E-state index in [1.165, 1.54) is 32.6 Å². The summed E-state index contributed by atoms with van der Waals surface area (Å²) in [5.41, 5.74) is 0.748. The molecule has 4 aliphatic rings. The van der Waals surface area contributed by atoms with E-state index in [1.807, 2.05) is 0 Å². The van der Waals surface area contributed by atoms with Crippen molar-refractivity contribution in [1.29, 1.82) is 0 Å². The molecule has 4 bridgehead atoms. The number of hydrogen-bond donors (Lipinski definition) is 0. The Morgan fingerprint density at radius 2 is 1.26 bits per heavy atom. The van der Waals surface area contributed by atoms with Crippen LogP contribution in [0.2, 0.25) is 0 Å². The lowest BCUT2D eigenvalue weighted by Gasteiger charge is -2.60. The molecule has 0 aromatic heterocycles. The fourth-order valence-electron chi connectivity index (χ4n) is 4.11. The Balaban J connectivity index is 1.58. The molecule has 2 aromatic rings. The van der Waals surface area contributed by atoms with Crippen molar-refractivity contribution < 1.29 is 0 Å². The van der Waals surface area contributed by atoms with Gasteiger partial charge in [0.05, 0.1) is 25.5 Å². The molecule has 4 saturated heterocycles. The van der Waals surface area contributed by atoms with Gasteiger partial charge in [0.2, 0.25) is 0 Å². The summed E-state index contributed by atoms with van der Waals surface area (Å²) in [6.45, 7) is 3.52. The standard InChI is InChI=1S/C18H21N3P2/c1-3-7-16(8-4-1)23(17-9-5-2-6-10-17)18-21-12-19-11-20(13-21)15-22(18)14-19/h1-10,18H,11-15H2. The van der Waals surface area contributed by atoms with Crippen LogP contribution in [-0.2, 0) is 0 Å². The van der Waals surface area contributed by atoms with Gasteiger partial charge >= 0.3 is 0 Å². The smallest absolute Gasteiger partial charge is 0.0623 e. The van der Waals surface area contributed by atoms with Crippen LogP contribution < -0.4 is 10.6 Å². The molecule has 23 heavy (non-hydrogen) atoms. The van der Waals surface area contributed by atoms with E-state index >= 15 is 0 Å². The SMILES string of the molecule is c1ccc(P(c2ccccc2)C2N3CN4CN(C3)CP2C4)cc1. The molecule has 3 unspecified atom stereocenters. The molecule has 5 heteroatoms. The number of hydrogen-bond acceptors (Lipinski definition) is 3. The van der Waals surface area contributed by atoms with E-state index < -0.39 is 0 Å². The van der Waals surface area contributed by atoms with Gasteiger partial charge in [-0.05, 0) is 18.5 Å². The summed E-state index contributed by atoms with van der Waals surface area (Å²) in [4.78, 5) is 8.03. The summed E-state index contributed by atoms with van der Waals surface area (Å²) in [6, 6.07) is 22.5. The molecule has 0 amide bonds. The quantitative estimate of drug-likeness (QED) is 0.795. The maximum absolute atomic E-state index is 2.76. The third-order valence-electron chi connectivity index (χ3n) is 4.88. The summed E-state index contributed by atoms with van der Waals surface area (Å²) in [5.74, 6) is 0. The van der Waals surface area contributed by atoms with Crippen molar-refractivity contribution in [2.75, 3.05) is 32.6 Å². The molecule has 2 aromatic carbocycles. The molecular formula is C18H21N3P2. The lowest BCUT2D eigenvalue weighted by Crippen LogP contribution is -2.65. The van der Waals surface area contributed by atoms with Crippen LogP contribution in [-0.4, -0.2) is 52.8 Å². The molecule has 4 heterocycles. The topological polar surface area (TPSA) is 9.72 Å². The molecule has 0 radical (unpaired) electrons. The van der Waals surface area contributed by atoms with Crippen LogP contribution in [0.25, 0.3) is 0 Å². The molecule has 0 saturated carbocycles. The number of rotatable bonds is 3. The van der Waals surface area contributed by atoms with Crippen LogP contribution in [0.1, 0.15) is 0 Å². The van der Waals surface area contributed by atoms with Crippen molar-refractivity contribution in [3.63, 3.8) is 0 Å². The van der Waals surface area contributed by atoms with Crippen LogP contribution in [0.5, 0.6) is 0 Å². The predicted molar refractivity (Wildman–Crippen MR) is 99.6 cm³/mol. The minimum absolute atomic E-state index is 0.0449. The Morgan fingerprint density at radius 3 is 1.74 bits per heavy atom. The van der Waals surface area contributed by atoms with Gasteiger partial charge in [-0.25, -0.2) is 0 Å². The van der Waals surface area contributed by atoms with Gasteiger partial charge in [0.15, 0.2) is 0 Å². The van der Waals surface area contributed by atoms with Gasteiger partial charge in [-0.15, -0.1) is 0 Å². The third-order valence-corrected chi connectivity index (χ3v) is 11.6. The minimum atomic E-state index is -0.299. The molecule has 0 spiro atoms. The maximum Gasteiger partial charge on any atom is 0.0623 e. The molecule has 4 fully saturated rings. The van der Waals surface area contributed by atoms with E-state index in [4.69, 9.17) is 0 Å². The van der Waals surface area contributed by atoms with Crippen molar-refractivity contribution in [3.8, 4) is 0 Å². The first-order chi connectivity index (χ1) is 11.4. The molecule has 0 N–H and O–H groups in total. The fourth-order valence-corrected chi connectivity index (χ4v) is 11.3. The molecule has 118 valence electrons. The van der Waals surface area contributed by atoms with Crippen LogP contribution in [0, 0.1) is 0 Å². The van der Waals surface area contributed by atoms with Gasteiger partial charge in [0.25, 0.3) is 0 Å². The molecular weight excluding hydrogens is 320 g/mol. The van der Waals surface area contributed by atoms with Crippen LogP contribution in [0.4, 0.5) is 0 Å². The summed E-state index contributed by atoms with van der Waals surface area (Å²) in [5, 5.41) is 3.08. The minimum Gasteiger partial charge on any atom is -0.273 e. The lowest BCUT2D eigenvalue weighted by molar-refractivity contribution is -0.0318. The zero-order chi connectivity index (χ0) is 15.2. The van der Waals surface area contributed by atoms with Gasteiger partial charge in [0, 0.05) is 12.6 Å². The zero-order valence-corrected chi connectivity index (χ0v) is 14.9. The van der Waals surface area contributed by atoms with Gasteiger partial charge in [-0.3, -0.25) is 14.7 Å². The highest BCUT2D eigenvalue weighted by Gasteiger charge is 2.48. The molecule has 0 aliphatic carbocycles. The van der Waals surface area contributed by atoms with Crippen molar-refractivity contribution in [2.45, 2.75) is 5.52 Å². The van der Waals surface area contributed by atoms with Gasteiger partial charge in [0.1, 0.15) is 0 Å². The van der Waals surface area contributed by atoms with E-state index in [0.29, 0.717) is 0 Å². The second-order valence-electron chi connectivity index (χ2n) is 6.61. The van der Waals surface area contributed by atoms with Crippen LogP contribution >= 0.6 is 15.8 Å². The average Bonchev–Trinajstić information content (AvgIpc) is 2.59. The Labute approximate surface area is 140 Å². The van der Waals surface area contributed by atoms with E-state index in [9.17, 15) is 0 Å². The summed E-state index contributed by atoms with van der Waals surface area (Å²) in [6.07, 6.45) is 2.68. The molecule has 3 nitrogen and oxygen atoms in total. The Morgan fingerprint density at radius 1 is 0.739 bits per heavy atom. The molecule has 4 aliphatic heterocycles. The van der Waals surface area contributed by atoms with E-state index in [0.717, 1.165) is 5.52 Å². The largest absolute Gasteiger partial charge is 0.273 e. The van der Waals surface area contributed by atoms with Crippen LogP contribution in [0.3, 0.4) is 0 Å². The number of nitrogens with zero attached hydrogens (tertiary/aromatic N) is 3. The summed E-state index contributed by atoms with van der Waals surface area (Å²) in [7, 11) is -0.254. The Kier molecular flexibility index (Phi) is 3.73. The van der Waals surface area contributed by atoms with Crippen molar-refractivity contribution in [2.24, 2.45) is 0 Å². The van der Waals surface area contributed by atoms with Crippen LogP contribution in [0.15, 0.2) is 60.7 Å². The third kappa shape index (κ3) is 2.56. The summed E-state index contributed by atoms with van der Waals surface area (Å²) < 4.78 is 0. The molecule has 3 atom stereocenters. The maximum atomic E-state index is 2.76. The first-order valence-electron chi connectivity index (χ1n) is 8.21. The van der Waals surface area contributed by atoms with E-state index in [2.05, 4.69) is 75.4 Å². The van der Waals surface area contributed by atoms with Gasteiger partial charge < -0.3 is 0 Å². The normalized spacial score (nSPS) is 34.9. The van der Waals surface area contributed by atoms with Gasteiger partial charge in [-0.2, -0.15) is 0 Å². The predicted octanol–water partition coefficient (Wildman–Crippen LogP) is 2.62. The fraction of sp³-hybridized carbons (Fsp3) is 0.333.